The highest BCUT2D eigenvalue weighted by atomic mass is 35.5. The Morgan fingerprint density at radius 2 is 1.49 bits per heavy atom. The number of benzene rings is 3. The molecule has 0 spiro atoms. The molecule has 1 aliphatic rings. The first-order chi connectivity index (χ1) is 19.3. The predicted octanol–water partition coefficient (Wildman–Crippen LogP) is 3.79. The molecule has 18 heteroatoms. The van der Waals surface area contributed by atoms with Gasteiger partial charge in [0.05, 0.1) is 28.2 Å². The molecule has 0 fully saturated rings. The van der Waals surface area contributed by atoms with E-state index in [-0.39, 0.29) is 56.0 Å². The number of rotatable bonds is 7. The fourth-order valence-electron chi connectivity index (χ4n) is 4.12. The number of aromatic nitrogens is 3. The van der Waals surface area contributed by atoms with Crippen molar-refractivity contribution in [1.29, 1.82) is 0 Å². The van der Waals surface area contributed by atoms with E-state index in [2.05, 4.69) is 25.6 Å². The summed E-state index contributed by atoms with van der Waals surface area (Å²) in [5.41, 5.74) is 4.78. The number of halogens is 2. The van der Waals surface area contributed by atoms with Gasteiger partial charge >= 0.3 is 11.4 Å². The van der Waals surface area contributed by atoms with Crippen LogP contribution < -0.4 is 20.6 Å². The number of ketones is 2. The molecule has 0 saturated heterocycles. The number of carbonyl (C=O) groups excluding carboxylic acids is 2. The summed E-state index contributed by atoms with van der Waals surface area (Å²) in [4.78, 5) is 37.4. The summed E-state index contributed by atoms with van der Waals surface area (Å²) in [5, 5.41) is 5.02. The normalized spacial score (nSPS) is 13.3. The minimum Gasteiger partial charge on any atom is -0.397 e. The molecule has 1 aliphatic carbocycles. The van der Waals surface area contributed by atoms with Crippen LogP contribution in [0.15, 0.2) is 53.4 Å². The largest absolute Gasteiger partial charge is 0.397 e. The van der Waals surface area contributed by atoms with E-state index in [1.807, 2.05) is 0 Å². The van der Waals surface area contributed by atoms with E-state index in [9.17, 15) is 31.3 Å². The Balaban J connectivity index is 1.66. The molecule has 6 N–H and O–H groups in total. The second-order valence-electron chi connectivity index (χ2n) is 8.22. The molecule has 1 atom stereocenters. The third-order valence-corrected chi connectivity index (χ3v) is 7.28. The highest BCUT2D eigenvalue weighted by Crippen LogP contribution is 2.41. The fourth-order valence-corrected chi connectivity index (χ4v) is 5.43. The van der Waals surface area contributed by atoms with Gasteiger partial charge in [-0.2, -0.15) is 27.6 Å². The summed E-state index contributed by atoms with van der Waals surface area (Å²) in [6, 6.07) is 10.7. The maximum absolute atomic E-state index is 13.5. The van der Waals surface area contributed by atoms with E-state index in [4.69, 9.17) is 33.1 Å². The van der Waals surface area contributed by atoms with Gasteiger partial charge in [0.25, 0.3) is 10.1 Å². The summed E-state index contributed by atoms with van der Waals surface area (Å²) in [6.45, 7) is 0. The van der Waals surface area contributed by atoms with Crippen molar-refractivity contribution in [2.45, 2.75) is 4.90 Å². The molecule has 3 aromatic carbocycles. The van der Waals surface area contributed by atoms with Crippen molar-refractivity contribution in [2.75, 3.05) is 16.4 Å². The zero-order chi connectivity index (χ0) is 29.6. The van der Waals surface area contributed by atoms with Crippen molar-refractivity contribution in [3.8, 4) is 5.75 Å². The molecule has 0 saturated carbocycles. The van der Waals surface area contributed by atoms with Crippen LogP contribution in [0.1, 0.15) is 31.8 Å². The van der Waals surface area contributed by atoms with Crippen LogP contribution in [0, 0.1) is 0 Å². The van der Waals surface area contributed by atoms with Gasteiger partial charge in [-0.05, 0) is 47.5 Å². The standard InChI is InChI=1S/C23H14Cl2N6O8S2/c24-21-29-22(25)31-23(30-21)28-12-7-9(5-6-14(12)39-40(34)35)27-13-8-15(41(36,37)38)18(26)17-16(13)19(32)10-3-1-2-4-11(10)20(17)33/h1-8,27H,26H2,(H,34,35)(H,36,37,38)(H,28,29,30,31). The van der Waals surface area contributed by atoms with Crippen LogP contribution in [-0.4, -0.2) is 48.3 Å². The molecular formula is C23H14Cl2N6O8S2. The van der Waals surface area contributed by atoms with Crippen LogP contribution in [0.25, 0.3) is 0 Å². The van der Waals surface area contributed by atoms with Crippen LogP contribution in [0.4, 0.5) is 28.7 Å². The Labute approximate surface area is 243 Å². The molecule has 41 heavy (non-hydrogen) atoms. The molecule has 5 rings (SSSR count). The summed E-state index contributed by atoms with van der Waals surface area (Å²) >= 11 is 8.89. The molecule has 0 bridgehead atoms. The average Bonchev–Trinajstić information content (AvgIpc) is 2.88. The van der Waals surface area contributed by atoms with Gasteiger partial charge in [0, 0.05) is 16.8 Å². The van der Waals surface area contributed by atoms with E-state index in [0.29, 0.717) is 0 Å². The number of nitrogens with one attached hydrogen (secondary N) is 2. The summed E-state index contributed by atoms with van der Waals surface area (Å²) in [5.74, 6) is -1.69. The molecule has 1 unspecified atom stereocenters. The number of nitrogens with two attached hydrogens (primary N) is 1. The van der Waals surface area contributed by atoms with E-state index in [0.717, 1.165) is 6.07 Å². The molecule has 0 amide bonds. The number of hydrogen-bond acceptors (Lipinski definition) is 12. The Kier molecular flexibility index (Phi) is 7.37. The van der Waals surface area contributed by atoms with Crippen molar-refractivity contribution in [2.24, 2.45) is 0 Å². The van der Waals surface area contributed by atoms with Gasteiger partial charge in [0.2, 0.25) is 16.5 Å². The number of hydrogen-bond donors (Lipinski definition) is 5. The minimum atomic E-state index is -4.95. The van der Waals surface area contributed by atoms with Gasteiger partial charge in [0.15, 0.2) is 17.3 Å². The lowest BCUT2D eigenvalue weighted by Gasteiger charge is -2.24. The molecule has 1 aromatic heterocycles. The maximum atomic E-state index is 13.5. The molecule has 0 aliphatic heterocycles. The second kappa shape index (κ2) is 10.7. The summed E-state index contributed by atoms with van der Waals surface area (Å²) in [6.07, 6.45) is 0. The Hall–Kier alpha value is -4.19. The van der Waals surface area contributed by atoms with Gasteiger partial charge in [-0.15, -0.1) is 0 Å². The SMILES string of the molecule is Nc1c(S(=O)(=O)O)cc(Nc2ccc(OS(=O)O)c(Nc3nc(Cl)nc(Cl)n3)c2)c2c1C(=O)c1ccccc1C2=O. The van der Waals surface area contributed by atoms with Crippen LogP contribution in [0.5, 0.6) is 5.75 Å². The summed E-state index contributed by atoms with van der Waals surface area (Å²) in [7, 11) is -4.95. The number of fused-ring (bicyclic) bond motifs is 2. The van der Waals surface area contributed by atoms with Crippen molar-refractivity contribution in [3.05, 3.63) is 81.4 Å². The Morgan fingerprint density at radius 3 is 2.07 bits per heavy atom. The van der Waals surface area contributed by atoms with Gasteiger partial charge in [-0.25, -0.2) is 0 Å². The first-order valence-electron chi connectivity index (χ1n) is 11.0. The van der Waals surface area contributed by atoms with Crippen LogP contribution in [0.3, 0.4) is 0 Å². The van der Waals surface area contributed by atoms with Crippen molar-refractivity contribution >= 4 is 84.9 Å². The third-order valence-electron chi connectivity index (χ3n) is 5.72. The quantitative estimate of drug-likeness (QED) is 0.0973. The van der Waals surface area contributed by atoms with E-state index >= 15 is 0 Å². The molecule has 210 valence electrons. The van der Waals surface area contributed by atoms with Gasteiger partial charge in [-0.1, -0.05) is 24.3 Å². The van der Waals surface area contributed by atoms with Crippen LogP contribution >= 0.6 is 23.2 Å². The minimum absolute atomic E-state index is 0.00908. The Bertz CT molecular complexity index is 1900. The Morgan fingerprint density at radius 1 is 0.878 bits per heavy atom. The van der Waals surface area contributed by atoms with E-state index in [1.165, 1.54) is 36.4 Å². The van der Waals surface area contributed by atoms with E-state index < -0.39 is 49.2 Å². The zero-order valence-electron chi connectivity index (χ0n) is 20.0. The van der Waals surface area contributed by atoms with Crippen molar-refractivity contribution < 1.29 is 35.5 Å². The third kappa shape index (κ3) is 5.56. The van der Waals surface area contributed by atoms with Crippen molar-refractivity contribution in [3.63, 3.8) is 0 Å². The molecular weight excluding hydrogens is 623 g/mol. The molecule has 14 nitrogen and oxygen atoms in total. The monoisotopic (exact) mass is 636 g/mol. The highest BCUT2D eigenvalue weighted by Gasteiger charge is 2.36. The van der Waals surface area contributed by atoms with Gasteiger partial charge in [0.1, 0.15) is 4.90 Å². The zero-order valence-corrected chi connectivity index (χ0v) is 23.1. The molecule has 0 radical (unpaired) electrons. The lowest BCUT2D eigenvalue weighted by molar-refractivity contribution is 0.0980. The number of carbonyl (C=O) groups is 2. The fraction of sp³-hybridized carbons (Fsp3) is 0. The number of nitrogen functional groups attached to an aromatic ring is 1. The maximum Gasteiger partial charge on any atom is 0.357 e. The van der Waals surface area contributed by atoms with Gasteiger partial charge in [-0.3, -0.25) is 18.7 Å². The number of nitrogens with zero attached hydrogens (tertiary/aromatic N) is 3. The second-order valence-corrected chi connectivity index (χ2v) is 10.9. The van der Waals surface area contributed by atoms with E-state index in [1.54, 1.807) is 6.07 Å². The molecule has 1 heterocycles. The highest BCUT2D eigenvalue weighted by molar-refractivity contribution is 7.86. The lowest BCUT2D eigenvalue weighted by Crippen LogP contribution is -2.25. The van der Waals surface area contributed by atoms with Crippen LogP contribution in [0.2, 0.25) is 10.6 Å². The van der Waals surface area contributed by atoms with Crippen molar-refractivity contribution in [1.82, 2.24) is 15.0 Å². The van der Waals surface area contributed by atoms with Gasteiger partial charge < -0.3 is 20.6 Å². The smallest absolute Gasteiger partial charge is 0.357 e. The average molecular weight is 637 g/mol. The first-order valence-corrected chi connectivity index (χ1v) is 14.2. The lowest BCUT2D eigenvalue weighted by atomic mass is 9.82. The first kappa shape index (κ1) is 28.3. The predicted molar refractivity (Wildman–Crippen MR) is 148 cm³/mol. The topological polar surface area (TPSA) is 224 Å². The molecule has 4 aromatic rings. The number of anilines is 5. The summed E-state index contributed by atoms with van der Waals surface area (Å²) < 4.78 is 59.7. The van der Waals surface area contributed by atoms with Crippen LogP contribution in [-0.2, 0) is 21.5 Å².